The van der Waals surface area contributed by atoms with Gasteiger partial charge in [-0.15, -0.1) is 0 Å². The number of allylic oxidation sites excluding steroid dienone is 1. The molecule has 19 heavy (non-hydrogen) atoms. The Morgan fingerprint density at radius 1 is 1.21 bits per heavy atom. The molecule has 98 valence electrons. The van der Waals surface area contributed by atoms with E-state index < -0.39 is 0 Å². The molecule has 0 aliphatic carbocycles. The molecule has 3 rings (SSSR count). The van der Waals surface area contributed by atoms with E-state index in [9.17, 15) is 0 Å². The molecule has 3 N–H and O–H groups in total. The highest BCUT2D eigenvalue weighted by Gasteiger charge is 2.12. The molecule has 1 aromatic heterocycles. The normalized spacial score (nSPS) is 21.0. The minimum Gasteiger partial charge on any atom is -0.341 e. The van der Waals surface area contributed by atoms with Gasteiger partial charge in [0.05, 0.1) is 17.9 Å². The van der Waals surface area contributed by atoms with Crippen LogP contribution in [0.15, 0.2) is 42.6 Å². The zero-order valence-electron chi connectivity index (χ0n) is 11.0. The highest BCUT2D eigenvalue weighted by Crippen LogP contribution is 2.25. The average molecular weight is 253 g/mol. The molecule has 1 atom stereocenters. The molecule has 2 aromatic rings. The van der Waals surface area contributed by atoms with Crippen LogP contribution < -0.4 is 5.73 Å². The first-order valence-corrected chi connectivity index (χ1v) is 6.88. The fourth-order valence-electron chi connectivity index (χ4n) is 2.55. The summed E-state index contributed by atoms with van der Waals surface area (Å²) in [5.41, 5.74) is 9.84. The van der Waals surface area contributed by atoms with E-state index in [1.54, 1.807) is 0 Å². The third-order valence-corrected chi connectivity index (χ3v) is 3.63. The van der Waals surface area contributed by atoms with E-state index in [-0.39, 0.29) is 6.04 Å². The lowest BCUT2D eigenvalue weighted by Gasteiger charge is -2.09. The number of imidazole rings is 1. The number of nitrogens with zero attached hydrogens (tertiary/aromatic N) is 1. The summed E-state index contributed by atoms with van der Waals surface area (Å²) < 4.78 is 0. The van der Waals surface area contributed by atoms with E-state index >= 15 is 0 Å². The Bertz CT molecular complexity index is 583. The topological polar surface area (TPSA) is 54.7 Å². The van der Waals surface area contributed by atoms with Crippen LogP contribution in [0.5, 0.6) is 0 Å². The molecule has 0 fully saturated rings. The highest BCUT2D eigenvalue weighted by molar-refractivity contribution is 5.63. The third kappa shape index (κ3) is 2.61. The van der Waals surface area contributed by atoms with Crippen molar-refractivity contribution in [2.45, 2.75) is 31.7 Å². The summed E-state index contributed by atoms with van der Waals surface area (Å²) in [5.74, 6) is 0.870. The van der Waals surface area contributed by atoms with Crippen LogP contribution in [0.3, 0.4) is 0 Å². The number of nitrogens with two attached hydrogens (primary N) is 1. The van der Waals surface area contributed by atoms with Crippen LogP contribution in [0.2, 0.25) is 0 Å². The van der Waals surface area contributed by atoms with E-state index in [1.807, 2.05) is 6.20 Å². The molecule has 1 aromatic carbocycles. The molecular weight excluding hydrogens is 234 g/mol. The summed E-state index contributed by atoms with van der Waals surface area (Å²) in [6.45, 7) is 0. The Labute approximate surface area is 113 Å². The van der Waals surface area contributed by atoms with Crippen LogP contribution in [0, 0.1) is 0 Å². The largest absolute Gasteiger partial charge is 0.341 e. The molecular formula is C16H19N3. The molecule has 2 bridgehead atoms. The number of aryl methyl sites for hydroxylation is 1. The predicted octanol–water partition coefficient (Wildman–Crippen LogP) is 3.36. The van der Waals surface area contributed by atoms with E-state index in [1.165, 1.54) is 17.5 Å². The molecule has 3 nitrogen and oxygen atoms in total. The van der Waals surface area contributed by atoms with Gasteiger partial charge in [0, 0.05) is 5.56 Å². The summed E-state index contributed by atoms with van der Waals surface area (Å²) in [5, 5.41) is 0. The van der Waals surface area contributed by atoms with E-state index in [2.05, 4.69) is 46.4 Å². The van der Waals surface area contributed by atoms with Gasteiger partial charge in [-0.2, -0.15) is 0 Å². The van der Waals surface area contributed by atoms with Crippen LogP contribution in [0.25, 0.3) is 11.3 Å². The number of H-pyrrole nitrogens is 1. The molecule has 0 saturated carbocycles. The van der Waals surface area contributed by atoms with Crippen LogP contribution in [-0.4, -0.2) is 9.97 Å². The molecule has 3 heteroatoms. The van der Waals surface area contributed by atoms with E-state index in [0.717, 1.165) is 30.8 Å². The highest BCUT2D eigenvalue weighted by atomic mass is 15.0. The number of benzene rings is 1. The van der Waals surface area contributed by atoms with Gasteiger partial charge in [-0.1, -0.05) is 36.4 Å². The Morgan fingerprint density at radius 3 is 3.05 bits per heavy atom. The van der Waals surface area contributed by atoms with Gasteiger partial charge in [0.15, 0.2) is 0 Å². The first-order valence-electron chi connectivity index (χ1n) is 6.88. The van der Waals surface area contributed by atoms with Crippen molar-refractivity contribution in [2.24, 2.45) is 5.73 Å². The van der Waals surface area contributed by atoms with Crippen LogP contribution in [-0.2, 0) is 6.42 Å². The van der Waals surface area contributed by atoms with Gasteiger partial charge >= 0.3 is 0 Å². The van der Waals surface area contributed by atoms with Crippen LogP contribution in [0.4, 0.5) is 0 Å². The average Bonchev–Trinajstić information content (AvgIpc) is 2.91. The lowest BCUT2D eigenvalue weighted by molar-refractivity contribution is 0.690. The van der Waals surface area contributed by atoms with Gasteiger partial charge in [-0.05, 0) is 31.2 Å². The molecule has 0 radical (unpaired) electrons. The smallest absolute Gasteiger partial charge is 0.123 e. The standard InChI is InChI=1S/C16H19N3/c17-14-10-4-2-1-3-7-12-8-5-6-9-13(12)15-11-18-16(14)19-15/h2,4-6,8-9,11,14H,1,3,7,10,17H2,(H,18,19)/b4-2+. The lowest BCUT2D eigenvalue weighted by atomic mass is 9.99. The van der Waals surface area contributed by atoms with E-state index in [4.69, 9.17) is 5.73 Å². The van der Waals surface area contributed by atoms with Crippen molar-refractivity contribution in [3.63, 3.8) is 0 Å². The van der Waals surface area contributed by atoms with Crippen LogP contribution in [0.1, 0.15) is 36.7 Å². The van der Waals surface area contributed by atoms with Crippen molar-refractivity contribution < 1.29 is 0 Å². The zero-order chi connectivity index (χ0) is 13.1. The molecule has 1 aliphatic heterocycles. The quantitative estimate of drug-likeness (QED) is 0.707. The summed E-state index contributed by atoms with van der Waals surface area (Å²) in [6, 6.07) is 8.48. The van der Waals surface area contributed by atoms with Gasteiger partial charge in [0.2, 0.25) is 0 Å². The van der Waals surface area contributed by atoms with Crippen molar-refractivity contribution in [1.82, 2.24) is 9.97 Å². The fourth-order valence-corrected chi connectivity index (χ4v) is 2.55. The minimum absolute atomic E-state index is 0.0448. The third-order valence-electron chi connectivity index (χ3n) is 3.63. The van der Waals surface area contributed by atoms with Gasteiger partial charge in [0.1, 0.15) is 5.82 Å². The van der Waals surface area contributed by atoms with Gasteiger partial charge < -0.3 is 10.7 Å². The summed E-state index contributed by atoms with van der Waals surface area (Å²) >= 11 is 0. The number of rotatable bonds is 0. The fraction of sp³-hybridized carbons (Fsp3) is 0.312. The van der Waals surface area contributed by atoms with Crippen molar-refractivity contribution in [3.05, 3.63) is 54.0 Å². The summed E-state index contributed by atoms with van der Waals surface area (Å²) in [7, 11) is 0. The second kappa shape index (κ2) is 5.41. The Balaban J connectivity index is 2.04. The summed E-state index contributed by atoms with van der Waals surface area (Å²) in [4.78, 5) is 7.79. The van der Waals surface area contributed by atoms with Crippen molar-refractivity contribution >= 4 is 0 Å². The Morgan fingerprint density at radius 2 is 2.11 bits per heavy atom. The monoisotopic (exact) mass is 253 g/mol. The Hall–Kier alpha value is -1.87. The number of hydrogen-bond donors (Lipinski definition) is 2. The molecule has 2 heterocycles. The van der Waals surface area contributed by atoms with E-state index in [0.29, 0.717) is 0 Å². The second-order valence-corrected chi connectivity index (χ2v) is 5.05. The number of nitrogens with one attached hydrogen (secondary N) is 1. The second-order valence-electron chi connectivity index (χ2n) is 5.05. The SMILES string of the molecule is NC1C/C=C/CCCc2ccccc2-c2cnc1[nH]2. The number of aromatic amines is 1. The lowest BCUT2D eigenvalue weighted by Crippen LogP contribution is -2.11. The predicted molar refractivity (Wildman–Crippen MR) is 77.6 cm³/mol. The maximum absolute atomic E-state index is 6.14. The molecule has 0 saturated heterocycles. The van der Waals surface area contributed by atoms with Gasteiger partial charge in [0.25, 0.3) is 0 Å². The zero-order valence-corrected chi connectivity index (χ0v) is 11.0. The van der Waals surface area contributed by atoms with Crippen molar-refractivity contribution in [2.75, 3.05) is 0 Å². The number of aromatic nitrogens is 2. The summed E-state index contributed by atoms with van der Waals surface area (Å²) in [6.07, 6.45) is 10.5. The van der Waals surface area contributed by atoms with Gasteiger partial charge in [-0.3, -0.25) is 0 Å². The molecule has 0 spiro atoms. The Kier molecular flexibility index (Phi) is 3.47. The van der Waals surface area contributed by atoms with Crippen molar-refractivity contribution in [3.8, 4) is 11.3 Å². The maximum Gasteiger partial charge on any atom is 0.123 e. The van der Waals surface area contributed by atoms with Crippen molar-refractivity contribution in [1.29, 1.82) is 0 Å². The maximum atomic E-state index is 6.14. The minimum atomic E-state index is -0.0448. The first-order chi connectivity index (χ1) is 9.34. The number of hydrogen-bond acceptors (Lipinski definition) is 2. The molecule has 0 amide bonds. The van der Waals surface area contributed by atoms with Gasteiger partial charge in [-0.25, -0.2) is 4.98 Å². The number of fused-ring (bicyclic) bond motifs is 4. The molecule has 1 aliphatic rings. The molecule has 1 unspecified atom stereocenters. The van der Waals surface area contributed by atoms with Crippen LogP contribution >= 0.6 is 0 Å². The first kappa shape index (κ1) is 12.2.